The second-order valence-corrected chi connectivity index (χ2v) is 14.3. The van der Waals surface area contributed by atoms with E-state index in [1.54, 1.807) is 0 Å². The number of benzene rings is 1. The number of fused-ring (bicyclic) bond motifs is 2. The largest absolute Gasteiger partial charge is 0.477 e. The minimum absolute atomic E-state index is 0.393. The highest BCUT2D eigenvalue weighted by Gasteiger charge is 2.41. The van der Waals surface area contributed by atoms with Gasteiger partial charge in [-0.25, -0.2) is 4.79 Å². The van der Waals surface area contributed by atoms with Crippen LogP contribution in [0.2, 0.25) is 13.1 Å². The van der Waals surface area contributed by atoms with Gasteiger partial charge >= 0.3 is 5.97 Å². The number of aromatic carboxylic acids is 1. The van der Waals surface area contributed by atoms with Crippen LogP contribution in [0.3, 0.4) is 0 Å². The van der Waals surface area contributed by atoms with Crippen LogP contribution in [-0.2, 0) is 0 Å². The van der Waals surface area contributed by atoms with Crippen LogP contribution in [0.4, 0.5) is 5.69 Å². The smallest absolute Gasteiger partial charge is 0.346 e. The summed E-state index contributed by atoms with van der Waals surface area (Å²) >= 11 is 1.30. The average molecular weight is 447 g/mol. The first kappa shape index (κ1) is 20.2. The van der Waals surface area contributed by atoms with Gasteiger partial charge in [-0.15, -0.1) is 11.3 Å². The third-order valence-corrected chi connectivity index (χ3v) is 11.4. The molecule has 3 heterocycles. The van der Waals surface area contributed by atoms with Crippen molar-refractivity contribution in [2.45, 2.75) is 32.9 Å². The van der Waals surface area contributed by atoms with Crippen LogP contribution in [0.1, 0.15) is 39.2 Å². The summed E-state index contributed by atoms with van der Waals surface area (Å²) in [5.74, 6) is -0.878. The van der Waals surface area contributed by atoms with Crippen LogP contribution in [0, 0.1) is 12.3 Å². The fourth-order valence-corrected chi connectivity index (χ4v) is 9.16. The number of aryl methyl sites for hydroxylation is 1. The second kappa shape index (κ2) is 7.17. The summed E-state index contributed by atoms with van der Waals surface area (Å²) in [6.45, 7) is 8.90. The molecule has 0 amide bonds. The summed E-state index contributed by atoms with van der Waals surface area (Å²) in [6, 6.07) is 6.78. The number of thiophene rings is 1. The molecule has 2 aliphatic heterocycles. The van der Waals surface area contributed by atoms with Crippen LogP contribution in [0.25, 0.3) is 5.57 Å². The zero-order valence-corrected chi connectivity index (χ0v) is 19.9. The molecular weight excluding hydrogens is 420 g/mol. The standard InChI is InChI=1S/C25H26N2O2SSi/c1-15-14-30-24(25(28)29)22(15)23-18-8-6-16(26)12-20(18)31(2,3)21-13-17(7-9-19(21)23)27-10-4-5-11-27/h6-9,12-14,26H,4-5,10-11H2,1-3H3,(H,28,29). The van der Waals surface area contributed by atoms with Gasteiger partial charge in [-0.2, -0.15) is 0 Å². The molecule has 4 nitrogen and oxygen atoms in total. The Morgan fingerprint density at radius 3 is 2.65 bits per heavy atom. The first-order valence-electron chi connectivity index (χ1n) is 10.7. The molecule has 1 fully saturated rings. The summed E-state index contributed by atoms with van der Waals surface area (Å²) in [4.78, 5) is 14.9. The molecule has 6 heteroatoms. The molecule has 0 saturated carbocycles. The summed E-state index contributed by atoms with van der Waals surface area (Å²) in [7, 11) is -2.07. The SMILES string of the molecule is Cc1csc(C(=O)O)c1C1=C2C=CC(=N)C=C2[Si](C)(C)c2cc(N3CCCC3)ccc21. The van der Waals surface area contributed by atoms with Crippen molar-refractivity contribution < 1.29 is 9.90 Å². The Bertz CT molecular complexity index is 1230. The summed E-state index contributed by atoms with van der Waals surface area (Å²) < 4.78 is 0. The molecule has 1 aromatic heterocycles. The molecule has 5 rings (SSSR count). The lowest BCUT2D eigenvalue weighted by Gasteiger charge is -2.38. The fraction of sp³-hybridized carbons (Fsp3) is 0.280. The van der Waals surface area contributed by atoms with Crippen LogP contribution in [0.15, 0.2) is 52.6 Å². The van der Waals surface area contributed by atoms with E-state index in [0.29, 0.717) is 10.6 Å². The molecule has 0 unspecified atom stereocenters. The third-order valence-electron chi connectivity index (χ3n) is 6.80. The number of carbonyl (C=O) groups is 1. The predicted octanol–water partition coefficient (Wildman–Crippen LogP) is 5.14. The average Bonchev–Trinajstić information content (AvgIpc) is 3.39. The molecule has 0 bridgehead atoms. The van der Waals surface area contributed by atoms with Crippen molar-refractivity contribution in [3.63, 3.8) is 0 Å². The number of carboxylic acid groups (broad SMARTS) is 1. The van der Waals surface area contributed by atoms with Crippen LogP contribution < -0.4 is 10.1 Å². The van der Waals surface area contributed by atoms with E-state index in [0.717, 1.165) is 40.9 Å². The number of rotatable bonds is 3. The Morgan fingerprint density at radius 1 is 1.19 bits per heavy atom. The van der Waals surface area contributed by atoms with Crippen molar-refractivity contribution in [1.29, 1.82) is 5.41 Å². The highest BCUT2D eigenvalue weighted by Crippen LogP contribution is 2.44. The molecule has 2 aromatic rings. The zero-order chi connectivity index (χ0) is 21.9. The molecule has 0 spiro atoms. The van der Waals surface area contributed by atoms with Crippen molar-refractivity contribution in [2.24, 2.45) is 0 Å². The van der Waals surface area contributed by atoms with E-state index in [9.17, 15) is 9.90 Å². The molecule has 158 valence electrons. The van der Waals surface area contributed by atoms with Crippen molar-refractivity contribution >= 4 is 47.5 Å². The molecule has 1 aliphatic carbocycles. The predicted molar refractivity (Wildman–Crippen MR) is 132 cm³/mol. The van der Waals surface area contributed by atoms with E-state index < -0.39 is 14.0 Å². The lowest BCUT2D eigenvalue weighted by Crippen LogP contribution is -2.49. The molecule has 3 aliphatic rings. The number of hydrogen-bond acceptors (Lipinski definition) is 4. The number of anilines is 1. The Morgan fingerprint density at radius 2 is 1.94 bits per heavy atom. The Balaban J connectivity index is 1.83. The van der Waals surface area contributed by atoms with E-state index in [1.165, 1.54) is 40.2 Å². The fourth-order valence-electron chi connectivity index (χ4n) is 5.19. The van der Waals surface area contributed by atoms with Crippen LogP contribution in [0.5, 0.6) is 0 Å². The lowest BCUT2D eigenvalue weighted by molar-refractivity contribution is 0.0702. The van der Waals surface area contributed by atoms with Crippen LogP contribution in [-0.4, -0.2) is 38.0 Å². The van der Waals surface area contributed by atoms with Gasteiger partial charge in [0.2, 0.25) is 0 Å². The normalized spacial score (nSPS) is 19.4. The van der Waals surface area contributed by atoms with Gasteiger partial charge in [-0.3, -0.25) is 0 Å². The first-order chi connectivity index (χ1) is 14.8. The van der Waals surface area contributed by atoms with Crippen LogP contribution >= 0.6 is 11.3 Å². The third kappa shape index (κ3) is 3.08. The van der Waals surface area contributed by atoms with E-state index >= 15 is 0 Å². The highest BCUT2D eigenvalue weighted by molar-refractivity contribution is 7.12. The van der Waals surface area contributed by atoms with E-state index in [2.05, 4.69) is 36.2 Å². The molecule has 31 heavy (non-hydrogen) atoms. The lowest BCUT2D eigenvalue weighted by atomic mass is 9.88. The van der Waals surface area contributed by atoms with Gasteiger partial charge < -0.3 is 15.4 Å². The minimum Gasteiger partial charge on any atom is -0.477 e. The Kier molecular flexibility index (Phi) is 4.68. The Labute approximate surface area is 187 Å². The maximum atomic E-state index is 12.1. The molecule has 2 N–H and O–H groups in total. The van der Waals surface area contributed by atoms with Gasteiger partial charge in [0.05, 0.1) is 5.71 Å². The van der Waals surface area contributed by atoms with Gasteiger partial charge in [0.1, 0.15) is 13.0 Å². The number of carboxylic acids is 1. The summed E-state index contributed by atoms with van der Waals surface area (Å²) in [6.07, 6.45) is 8.33. The van der Waals surface area contributed by atoms with Gasteiger partial charge in [-0.05, 0) is 82.1 Å². The summed E-state index contributed by atoms with van der Waals surface area (Å²) in [5, 5.41) is 22.7. The topological polar surface area (TPSA) is 64.4 Å². The number of nitrogens with one attached hydrogen (secondary N) is 1. The van der Waals surface area contributed by atoms with Gasteiger partial charge in [0.15, 0.2) is 0 Å². The molecule has 1 aromatic carbocycles. The number of hydrogen-bond donors (Lipinski definition) is 2. The minimum atomic E-state index is -2.07. The second-order valence-electron chi connectivity index (χ2n) is 9.11. The number of allylic oxidation sites excluding steroid dienone is 5. The van der Waals surface area contributed by atoms with Crippen molar-refractivity contribution in [2.75, 3.05) is 18.0 Å². The molecule has 0 atom stereocenters. The van der Waals surface area contributed by atoms with E-state index in [-0.39, 0.29) is 0 Å². The quantitative estimate of drug-likeness (QED) is 0.642. The number of nitrogens with zero attached hydrogens (tertiary/aromatic N) is 1. The van der Waals surface area contributed by atoms with Gasteiger partial charge in [0.25, 0.3) is 0 Å². The molecule has 1 saturated heterocycles. The van der Waals surface area contributed by atoms with Gasteiger partial charge in [0, 0.05) is 24.3 Å². The maximum absolute atomic E-state index is 12.1. The van der Waals surface area contributed by atoms with Crippen molar-refractivity contribution in [3.8, 4) is 0 Å². The highest BCUT2D eigenvalue weighted by atomic mass is 32.1. The zero-order valence-electron chi connectivity index (χ0n) is 18.1. The molecule has 0 radical (unpaired) electrons. The van der Waals surface area contributed by atoms with E-state index in [1.807, 2.05) is 30.5 Å². The summed E-state index contributed by atoms with van der Waals surface area (Å²) in [5.41, 5.74) is 6.87. The molecular formula is C25H26N2O2SSi. The van der Waals surface area contributed by atoms with Gasteiger partial charge in [-0.1, -0.05) is 25.2 Å². The maximum Gasteiger partial charge on any atom is 0.346 e. The monoisotopic (exact) mass is 446 g/mol. The Hall–Kier alpha value is -2.70. The first-order valence-corrected chi connectivity index (χ1v) is 14.6. The van der Waals surface area contributed by atoms with E-state index in [4.69, 9.17) is 5.41 Å². The van der Waals surface area contributed by atoms with Crippen molar-refractivity contribution in [1.82, 2.24) is 0 Å². The van der Waals surface area contributed by atoms with Crippen molar-refractivity contribution in [3.05, 3.63) is 74.1 Å².